The van der Waals surface area contributed by atoms with Crippen LogP contribution in [0.25, 0.3) is 0 Å². The minimum atomic E-state index is 0. The molecule has 1 aromatic heterocycles. The number of nitrogens with zero attached hydrogens (tertiary/aromatic N) is 2. The van der Waals surface area contributed by atoms with E-state index in [-0.39, 0.29) is 23.9 Å². The molecule has 1 heterocycles. The van der Waals surface area contributed by atoms with Crippen molar-refractivity contribution in [3.05, 3.63) is 23.4 Å². The molecule has 0 aliphatic carbocycles. The van der Waals surface area contributed by atoms with E-state index in [0.29, 0.717) is 5.02 Å². The molecule has 0 N–H and O–H groups in total. The van der Waals surface area contributed by atoms with E-state index in [0.717, 1.165) is 10.3 Å². The first kappa shape index (κ1) is 12.2. The van der Waals surface area contributed by atoms with Crippen LogP contribution in [0.1, 0.15) is 0 Å². The molecule has 0 spiro atoms. The third-order valence-electron chi connectivity index (χ3n) is 1.40. The first-order valence-corrected chi connectivity index (χ1v) is 3.81. The molecule has 0 saturated heterocycles. The van der Waals surface area contributed by atoms with Crippen LogP contribution in [0, 0.1) is 0 Å². The van der Waals surface area contributed by atoms with Crippen molar-refractivity contribution < 1.29 is 0 Å². The molecular weight excluding hydrogens is 278 g/mol. The Morgan fingerprint density at radius 1 is 1.25 bits per heavy atom. The van der Waals surface area contributed by atoms with Crippen molar-refractivity contribution in [2.24, 2.45) is 0 Å². The molecule has 0 amide bonds. The summed E-state index contributed by atoms with van der Waals surface area (Å²) in [4.78, 5) is 4.19. The van der Waals surface area contributed by atoms with Crippen LogP contribution < -0.4 is 4.48 Å². The maximum absolute atomic E-state index is 5.69. The van der Waals surface area contributed by atoms with Gasteiger partial charge in [-0.25, -0.2) is 4.98 Å². The SMILES string of the molecule is C[N+](C)(C)c1ccc(Cl)cn1.[Sn]. The van der Waals surface area contributed by atoms with Gasteiger partial charge in [-0.05, 0) is 6.07 Å². The van der Waals surface area contributed by atoms with Gasteiger partial charge in [0.05, 0.1) is 32.4 Å². The van der Waals surface area contributed by atoms with Gasteiger partial charge < -0.3 is 0 Å². The molecule has 64 valence electrons. The van der Waals surface area contributed by atoms with Gasteiger partial charge in [0, 0.05) is 30.0 Å². The minimum Gasteiger partial charge on any atom is -0.282 e. The van der Waals surface area contributed by atoms with E-state index in [1.54, 1.807) is 6.20 Å². The van der Waals surface area contributed by atoms with Gasteiger partial charge >= 0.3 is 0 Å². The van der Waals surface area contributed by atoms with E-state index in [4.69, 9.17) is 11.6 Å². The van der Waals surface area contributed by atoms with Crippen LogP contribution in [0.4, 0.5) is 5.82 Å². The van der Waals surface area contributed by atoms with Gasteiger partial charge in [-0.3, -0.25) is 4.48 Å². The molecule has 0 atom stereocenters. The standard InChI is InChI=1S/C8H12ClN2.Sn/c1-11(2,3)8-5-4-7(9)6-10-8;/h4-6H,1-3H3;/q+1;. The molecule has 0 aliphatic heterocycles. The fourth-order valence-corrected chi connectivity index (χ4v) is 0.877. The molecule has 1 rings (SSSR count). The van der Waals surface area contributed by atoms with Gasteiger partial charge in [-0.15, -0.1) is 0 Å². The Morgan fingerprint density at radius 2 is 1.83 bits per heavy atom. The summed E-state index contributed by atoms with van der Waals surface area (Å²) in [5.74, 6) is 1.01. The molecule has 0 aliphatic rings. The Labute approximate surface area is 95.1 Å². The molecule has 12 heavy (non-hydrogen) atoms. The number of quaternary nitrogens is 1. The Kier molecular flexibility index (Phi) is 4.51. The van der Waals surface area contributed by atoms with E-state index < -0.39 is 0 Å². The van der Waals surface area contributed by atoms with Crippen LogP contribution in [0.5, 0.6) is 0 Å². The number of pyridine rings is 1. The maximum atomic E-state index is 5.69. The van der Waals surface area contributed by atoms with E-state index in [1.165, 1.54) is 0 Å². The van der Waals surface area contributed by atoms with Crippen LogP contribution in [-0.4, -0.2) is 50.0 Å². The predicted octanol–water partition coefficient (Wildman–Crippen LogP) is 1.55. The summed E-state index contributed by atoms with van der Waals surface area (Å²) >= 11 is 5.69. The molecule has 4 heteroatoms. The van der Waals surface area contributed by atoms with Crippen molar-refractivity contribution in [1.29, 1.82) is 0 Å². The van der Waals surface area contributed by atoms with Crippen molar-refractivity contribution in [3.63, 3.8) is 0 Å². The van der Waals surface area contributed by atoms with Gasteiger partial charge in [0.25, 0.3) is 0 Å². The summed E-state index contributed by atoms with van der Waals surface area (Å²) in [5, 5.41) is 0.683. The van der Waals surface area contributed by atoms with Crippen LogP contribution >= 0.6 is 11.6 Å². The molecule has 4 radical (unpaired) electrons. The van der Waals surface area contributed by atoms with Crippen LogP contribution in [0.2, 0.25) is 5.02 Å². The molecule has 0 aromatic carbocycles. The zero-order chi connectivity index (χ0) is 8.48. The van der Waals surface area contributed by atoms with Gasteiger partial charge in [0.15, 0.2) is 0 Å². The first-order chi connectivity index (χ1) is 5.00. The van der Waals surface area contributed by atoms with Crippen LogP contribution in [0.3, 0.4) is 0 Å². The fourth-order valence-electron chi connectivity index (χ4n) is 0.765. The zero-order valence-corrected chi connectivity index (χ0v) is 11.1. The fraction of sp³-hybridized carbons (Fsp3) is 0.375. The summed E-state index contributed by atoms with van der Waals surface area (Å²) in [6.07, 6.45) is 1.67. The molecule has 2 nitrogen and oxygen atoms in total. The third-order valence-corrected chi connectivity index (χ3v) is 1.62. The maximum Gasteiger partial charge on any atom is 0.226 e. The Morgan fingerprint density at radius 3 is 2.17 bits per heavy atom. The van der Waals surface area contributed by atoms with Crippen molar-refractivity contribution in [2.45, 2.75) is 0 Å². The van der Waals surface area contributed by atoms with Gasteiger partial charge in [0.2, 0.25) is 5.82 Å². The summed E-state index contributed by atoms with van der Waals surface area (Å²) < 4.78 is 0.719. The average molecular weight is 290 g/mol. The summed E-state index contributed by atoms with van der Waals surface area (Å²) in [6.45, 7) is 0. The smallest absolute Gasteiger partial charge is 0.226 e. The van der Waals surface area contributed by atoms with Gasteiger partial charge in [-0.1, -0.05) is 11.6 Å². The molecule has 1 aromatic rings. The van der Waals surface area contributed by atoms with Gasteiger partial charge in [0.1, 0.15) is 0 Å². The van der Waals surface area contributed by atoms with Crippen LogP contribution in [-0.2, 0) is 0 Å². The van der Waals surface area contributed by atoms with Crippen LogP contribution in [0.15, 0.2) is 18.3 Å². The minimum absolute atomic E-state index is 0. The van der Waals surface area contributed by atoms with E-state index in [1.807, 2.05) is 12.1 Å². The summed E-state index contributed by atoms with van der Waals surface area (Å²) in [6, 6.07) is 3.79. The number of rotatable bonds is 1. The number of aromatic nitrogens is 1. The molecule has 0 saturated carbocycles. The number of hydrogen-bond donors (Lipinski definition) is 0. The monoisotopic (exact) mass is 291 g/mol. The molecule has 0 unspecified atom stereocenters. The zero-order valence-electron chi connectivity index (χ0n) is 7.50. The van der Waals surface area contributed by atoms with E-state index in [9.17, 15) is 0 Å². The second-order valence-corrected chi connectivity index (χ2v) is 3.78. The van der Waals surface area contributed by atoms with E-state index in [2.05, 4.69) is 26.1 Å². The Hall–Kier alpha value is 0.199. The van der Waals surface area contributed by atoms with Crippen molar-refractivity contribution in [3.8, 4) is 0 Å². The van der Waals surface area contributed by atoms with Gasteiger partial charge in [-0.2, -0.15) is 0 Å². The average Bonchev–Trinajstić information content (AvgIpc) is 1.86. The van der Waals surface area contributed by atoms with E-state index >= 15 is 0 Å². The van der Waals surface area contributed by atoms with Crippen molar-refractivity contribution in [2.75, 3.05) is 21.1 Å². The molecule has 0 fully saturated rings. The predicted molar refractivity (Wildman–Crippen MR) is 54.6 cm³/mol. The quantitative estimate of drug-likeness (QED) is 0.565. The first-order valence-electron chi connectivity index (χ1n) is 3.44. The third kappa shape index (κ3) is 3.29. The number of hydrogen-bond acceptors (Lipinski definition) is 1. The summed E-state index contributed by atoms with van der Waals surface area (Å²) in [7, 11) is 6.20. The second-order valence-electron chi connectivity index (χ2n) is 3.35. The van der Waals surface area contributed by atoms with Crippen molar-refractivity contribution >= 4 is 41.3 Å². The topological polar surface area (TPSA) is 12.9 Å². The van der Waals surface area contributed by atoms with Crippen molar-refractivity contribution in [1.82, 2.24) is 9.47 Å². The Bertz CT molecular complexity index is 240. The normalized spacial score (nSPS) is 10.7. The second kappa shape index (κ2) is 4.44. The largest absolute Gasteiger partial charge is 0.282 e. The summed E-state index contributed by atoms with van der Waals surface area (Å²) in [5.41, 5.74) is 0. The molecular formula is C8H12ClN2Sn+. The number of halogens is 1. The molecule has 0 bridgehead atoms. The Balaban J connectivity index is 0.00000121.